The van der Waals surface area contributed by atoms with Crippen molar-refractivity contribution in [3.63, 3.8) is 0 Å². The zero-order chi connectivity index (χ0) is 16.5. The van der Waals surface area contributed by atoms with Gasteiger partial charge in [-0.3, -0.25) is 9.69 Å². The predicted octanol–water partition coefficient (Wildman–Crippen LogP) is 3.62. The van der Waals surface area contributed by atoms with Crippen LogP contribution in [0, 0.1) is 5.92 Å². The van der Waals surface area contributed by atoms with E-state index < -0.39 is 0 Å². The number of rotatable bonds is 9. The summed E-state index contributed by atoms with van der Waals surface area (Å²) in [6.07, 6.45) is 1.12. The molecule has 0 radical (unpaired) electrons. The average molecular weight is 304 g/mol. The molecule has 0 bridgehead atoms. The Morgan fingerprint density at radius 3 is 2.18 bits per heavy atom. The van der Waals surface area contributed by atoms with Gasteiger partial charge in [0.05, 0.1) is 6.54 Å². The van der Waals surface area contributed by atoms with Crippen LogP contribution < -0.4 is 0 Å². The third-order valence-corrected chi connectivity index (χ3v) is 4.71. The molecule has 1 aromatic rings. The van der Waals surface area contributed by atoms with Gasteiger partial charge in [0, 0.05) is 19.5 Å². The molecule has 0 saturated heterocycles. The van der Waals surface area contributed by atoms with Crippen molar-refractivity contribution < 1.29 is 4.79 Å². The first kappa shape index (κ1) is 18.7. The summed E-state index contributed by atoms with van der Waals surface area (Å²) in [5.41, 5.74) is 1.33. The Labute approximate surface area is 136 Å². The molecule has 0 N–H and O–H groups in total. The van der Waals surface area contributed by atoms with Crippen LogP contribution >= 0.6 is 0 Å². The number of hydrogen-bond donors (Lipinski definition) is 0. The second-order valence-corrected chi connectivity index (χ2v) is 6.14. The van der Waals surface area contributed by atoms with Gasteiger partial charge in [-0.05, 0) is 24.6 Å². The van der Waals surface area contributed by atoms with Gasteiger partial charge in [0.1, 0.15) is 0 Å². The molecule has 3 nitrogen and oxygen atoms in total. The first-order chi connectivity index (χ1) is 10.5. The van der Waals surface area contributed by atoms with E-state index in [4.69, 9.17) is 0 Å². The van der Waals surface area contributed by atoms with Crippen molar-refractivity contribution >= 4 is 5.91 Å². The van der Waals surface area contributed by atoms with Crippen LogP contribution in [0.15, 0.2) is 30.3 Å². The summed E-state index contributed by atoms with van der Waals surface area (Å²) in [5, 5.41) is 0. The topological polar surface area (TPSA) is 23.6 Å². The van der Waals surface area contributed by atoms with Crippen molar-refractivity contribution in [2.75, 3.05) is 33.2 Å². The number of hydrogen-bond acceptors (Lipinski definition) is 2. The van der Waals surface area contributed by atoms with Crippen molar-refractivity contribution in [1.29, 1.82) is 0 Å². The van der Waals surface area contributed by atoms with E-state index in [0.717, 1.165) is 26.1 Å². The molecule has 0 aliphatic heterocycles. The van der Waals surface area contributed by atoms with Crippen molar-refractivity contribution in [3.05, 3.63) is 35.9 Å². The lowest BCUT2D eigenvalue weighted by Crippen LogP contribution is -2.40. The molecule has 0 spiro atoms. The molecule has 2 unspecified atom stereocenters. The van der Waals surface area contributed by atoms with Crippen LogP contribution in [0.4, 0.5) is 0 Å². The minimum atomic E-state index is 0.216. The molecule has 3 heteroatoms. The first-order valence-corrected chi connectivity index (χ1v) is 8.54. The maximum Gasteiger partial charge on any atom is 0.236 e. The number of carbonyl (C=O) groups excluding carboxylic acids is 1. The fourth-order valence-corrected chi connectivity index (χ4v) is 2.75. The van der Waals surface area contributed by atoms with Gasteiger partial charge >= 0.3 is 0 Å². The van der Waals surface area contributed by atoms with E-state index >= 15 is 0 Å². The van der Waals surface area contributed by atoms with Crippen molar-refractivity contribution in [2.24, 2.45) is 5.92 Å². The van der Waals surface area contributed by atoms with Gasteiger partial charge in [0.2, 0.25) is 5.91 Å². The van der Waals surface area contributed by atoms with Crippen molar-refractivity contribution in [1.82, 2.24) is 9.80 Å². The number of benzene rings is 1. The molecule has 124 valence electrons. The van der Waals surface area contributed by atoms with Gasteiger partial charge in [-0.1, -0.05) is 64.4 Å². The number of carbonyl (C=O) groups is 1. The molecule has 2 atom stereocenters. The summed E-state index contributed by atoms with van der Waals surface area (Å²) >= 11 is 0. The Bertz CT molecular complexity index is 428. The molecule has 1 rings (SSSR count). The second kappa shape index (κ2) is 9.62. The lowest BCUT2D eigenvalue weighted by molar-refractivity contribution is -0.131. The molecule has 1 amide bonds. The van der Waals surface area contributed by atoms with Crippen LogP contribution in [-0.4, -0.2) is 48.9 Å². The summed E-state index contributed by atoms with van der Waals surface area (Å²) in [7, 11) is 1.93. The van der Waals surface area contributed by atoms with Gasteiger partial charge in [0.15, 0.2) is 0 Å². The van der Waals surface area contributed by atoms with Gasteiger partial charge in [-0.15, -0.1) is 0 Å². The second-order valence-electron chi connectivity index (χ2n) is 6.14. The van der Waals surface area contributed by atoms with Crippen LogP contribution in [0.5, 0.6) is 0 Å². The fraction of sp³-hybridized carbons (Fsp3) is 0.632. The molecular weight excluding hydrogens is 272 g/mol. The van der Waals surface area contributed by atoms with Crippen LogP contribution in [0.3, 0.4) is 0 Å². The highest BCUT2D eigenvalue weighted by Crippen LogP contribution is 2.27. The smallest absolute Gasteiger partial charge is 0.236 e. The monoisotopic (exact) mass is 304 g/mol. The van der Waals surface area contributed by atoms with Crippen molar-refractivity contribution in [3.8, 4) is 0 Å². The summed E-state index contributed by atoms with van der Waals surface area (Å²) in [4.78, 5) is 16.5. The predicted molar refractivity (Wildman–Crippen MR) is 94.1 cm³/mol. The highest BCUT2D eigenvalue weighted by molar-refractivity contribution is 5.78. The molecule has 0 aliphatic rings. The van der Waals surface area contributed by atoms with Gasteiger partial charge < -0.3 is 4.90 Å². The SMILES string of the molecule is CCC(C)C(CN(C)C(=O)CN(CC)CC)c1ccccc1. The van der Waals surface area contributed by atoms with Crippen molar-refractivity contribution in [2.45, 2.75) is 40.0 Å². The first-order valence-electron chi connectivity index (χ1n) is 8.54. The number of nitrogens with zero attached hydrogens (tertiary/aromatic N) is 2. The third kappa shape index (κ3) is 5.45. The Balaban J connectivity index is 2.75. The van der Waals surface area contributed by atoms with E-state index in [1.165, 1.54) is 5.56 Å². The normalized spacial score (nSPS) is 13.9. The molecular formula is C19H32N2O. The fourth-order valence-electron chi connectivity index (χ4n) is 2.75. The summed E-state index contributed by atoms with van der Waals surface area (Å²) in [5.74, 6) is 1.18. The highest BCUT2D eigenvalue weighted by Gasteiger charge is 2.22. The number of amides is 1. The molecule has 0 heterocycles. The quantitative estimate of drug-likeness (QED) is 0.696. The Kier molecular flexibility index (Phi) is 8.18. The minimum Gasteiger partial charge on any atom is -0.344 e. The molecule has 0 saturated carbocycles. The number of likely N-dealkylation sites (N-methyl/N-ethyl adjacent to an activating group) is 2. The summed E-state index contributed by atoms with van der Waals surface area (Å²) < 4.78 is 0. The van der Waals surface area contributed by atoms with E-state index in [2.05, 4.69) is 56.9 Å². The van der Waals surface area contributed by atoms with Gasteiger partial charge in [0.25, 0.3) is 0 Å². The largest absolute Gasteiger partial charge is 0.344 e. The lowest BCUT2D eigenvalue weighted by Gasteiger charge is -2.30. The molecule has 0 fully saturated rings. The van der Waals surface area contributed by atoms with E-state index in [-0.39, 0.29) is 5.91 Å². The van der Waals surface area contributed by atoms with E-state index in [0.29, 0.717) is 18.4 Å². The minimum absolute atomic E-state index is 0.216. The molecule has 0 aromatic heterocycles. The average Bonchev–Trinajstić information content (AvgIpc) is 2.57. The van der Waals surface area contributed by atoms with Crippen LogP contribution in [0.2, 0.25) is 0 Å². The molecule has 22 heavy (non-hydrogen) atoms. The van der Waals surface area contributed by atoms with Crippen LogP contribution in [-0.2, 0) is 4.79 Å². The summed E-state index contributed by atoms with van der Waals surface area (Å²) in [6, 6.07) is 10.6. The van der Waals surface area contributed by atoms with Crippen LogP contribution in [0.1, 0.15) is 45.6 Å². The maximum absolute atomic E-state index is 12.4. The summed E-state index contributed by atoms with van der Waals surface area (Å²) in [6.45, 7) is 11.8. The van der Waals surface area contributed by atoms with E-state index in [9.17, 15) is 4.79 Å². The van der Waals surface area contributed by atoms with Gasteiger partial charge in [-0.25, -0.2) is 0 Å². The van der Waals surface area contributed by atoms with Gasteiger partial charge in [-0.2, -0.15) is 0 Å². The molecule has 0 aliphatic carbocycles. The Morgan fingerprint density at radius 1 is 1.09 bits per heavy atom. The maximum atomic E-state index is 12.4. The third-order valence-electron chi connectivity index (χ3n) is 4.71. The molecule has 1 aromatic carbocycles. The lowest BCUT2D eigenvalue weighted by atomic mass is 9.85. The zero-order valence-corrected chi connectivity index (χ0v) is 14.9. The highest BCUT2D eigenvalue weighted by atomic mass is 16.2. The van der Waals surface area contributed by atoms with Crippen LogP contribution in [0.25, 0.3) is 0 Å². The zero-order valence-electron chi connectivity index (χ0n) is 14.9. The Morgan fingerprint density at radius 2 is 1.68 bits per heavy atom. The standard InChI is InChI=1S/C19H32N2O/c1-6-16(4)18(17-12-10-9-11-13-17)14-20(5)19(22)15-21(7-2)8-3/h9-13,16,18H,6-8,14-15H2,1-5H3. The van der Waals surface area contributed by atoms with E-state index in [1.807, 2.05) is 18.0 Å². The Hall–Kier alpha value is -1.35. The van der Waals surface area contributed by atoms with E-state index in [1.54, 1.807) is 0 Å².